The third-order valence-electron chi connectivity index (χ3n) is 2.57. The third-order valence-corrected chi connectivity index (χ3v) is 5.42. The number of thiophene rings is 1. The van der Waals surface area contributed by atoms with Gasteiger partial charge in [-0.05, 0) is 34.7 Å². The number of allylic oxidation sites excluding steroid dienone is 1. The monoisotopic (exact) mass is 308 g/mol. The van der Waals surface area contributed by atoms with E-state index < -0.39 is 0 Å². The standard InChI is InChI=1S/C13H9BrS2/c14-8-10-7-9-3-1-2-4-12(9)16-13-11(10)5-6-15-13/h1-7H,8H2. The summed E-state index contributed by atoms with van der Waals surface area (Å²) in [5, 5.41) is 3.08. The minimum absolute atomic E-state index is 0.908. The Morgan fingerprint density at radius 1 is 1.12 bits per heavy atom. The molecule has 1 aromatic carbocycles. The predicted octanol–water partition coefficient (Wildman–Crippen LogP) is 5.15. The first-order valence-electron chi connectivity index (χ1n) is 5.00. The second kappa shape index (κ2) is 4.40. The lowest BCUT2D eigenvalue weighted by molar-refractivity contribution is 1.43. The van der Waals surface area contributed by atoms with Crippen molar-refractivity contribution in [1.82, 2.24) is 0 Å². The molecule has 0 saturated heterocycles. The quantitative estimate of drug-likeness (QED) is 0.657. The van der Waals surface area contributed by atoms with E-state index in [-0.39, 0.29) is 0 Å². The van der Waals surface area contributed by atoms with Gasteiger partial charge in [-0.1, -0.05) is 45.9 Å². The molecule has 0 fully saturated rings. The SMILES string of the molecule is BrCC1=Cc2ccccc2Sc2sccc21. The molecule has 0 bridgehead atoms. The van der Waals surface area contributed by atoms with Crippen LogP contribution in [0.3, 0.4) is 0 Å². The molecule has 0 radical (unpaired) electrons. The Balaban J connectivity index is 2.23. The van der Waals surface area contributed by atoms with Gasteiger partial charge in [0.1, 0.15) is 0 Å². The van der Waals surface area contributed by atoms with Gasteiger partial charge in [0, 0.05) is 15.8 Å². The smallest absolute Gasteiger partial charge is 0.0722 e. The van der Waals surface area contributed by atoms with Crippen LogP contribution in [0.2, 0.25) is 0 Å². The van der Waals surface area contributed by atoms with Crippen molar-refractivity contribution in [3.05, 3.63) is 46.8 Å². The molecule has 2 aromatic rings. The van der Waals surface area contributed by atoms with Crippen LogP contribution in [-0.2, 0) is 0 Å². The van der Waals surface area contributed by atoms with Crippen molar-refractivity contribution in [3.63, 3.8) is 0 Å². The topological polar surface area (TPSA) is 0 Å². The van der Waals surface area contributed by atoms with E-state index in [0.717, 1.165) is 5.33 Å². The van der Waals surface area contributed by atoms with Gasteiger partial charge in [-0.25, -0.2) is 0 Å². The molecule has 1 aliphatic rings. The van der Waals surface area contributed by atoms with E-state index in [0.29, 0.717) is 0 Å². The van der Waals surface area contributed by atoms with Gasteiger partial charge in [-0.15, -0.1) is 11.3 Å². The van der Waals surface area contributed by atoms with Crippen LogP contribution in [0.25, 0.3) is 11.6 Å². The van der Waals surface area contributed by atoms with E-state index in [1.807, 2.05) is 23.1 Å². The van der Waals surface area contributed by atoms with E-state index in [9.17, 15) is 0 Å². The van der Waals surface area contributed by atoms with Crippen LogP contribution in [0, 0.1) is 0 Å². The molecule has 0 spiro atoms. The van der Waals surface area contributed by atoms with Crippen molar-refractivity contribution in [2.75, 3.05) is 5.33 Å². The molecule has 0 nitrogen and oxygen atoms in total. The molecule has 80 valence electrons. The van der Waals surface area contributed by atoms with Crippen LogP contribution >= 0.6 is 39.0 Å². The first-order chi connectivity index (χ1) is 7.88. The molecule has 2 heterocycles. The highest BCUT2D eigenvalue weighted by Crippen LogP contribution is 2.43. The number of benzene rings is 1. The molecule has 0 amide bonds. The summed E-state index contributed by atoms with van der Waals surface area (Å²) in [5.41, 5.74) is 4.07. The van der Waals surface area contributed by atoms with Gasteiger partial charge in [-0.2, -0.15) is 0 Å². The van der Waals surface area contributed by atoms with Crippen LogP contribution in [0.1, 0.15) is 11.1 Å². The summed E-state index contributed by atoms with van der Waals surface area (Å²) in [6.45, 7) is 0. The summed E-state index contributed by atoms with van der Waals surface area (Å²) < 4.78 is 1.40. The van der Waals surface area contributed by atoms with Crippen molar-refractivity contribution in [2.45, 2.75) is 9.10 Å². The summed E-state index contributed by atoms with van der Waals surface area (Å²) in [7, 11) is 0. The second-order valence-electron chi connectivity index (χ2n) is 3.56. The fraction of sp³-hybridized carbons (Fsp3) is 0.0769. The lowest BCUT2D eigenvalue weighted by atomic mass is 10.1. The zero-order valence-electron chi connectivity index (χ0n) is 8.44. The maximum absolute atomic E-state index is 3.58. The first kappa shape index (κ1) is 10.6. The van der Waals surface area contributed by atoms with Crippen molar-refractivity contribution >= 4 is 50.7 Å². The molecule has 0 aliphatic carbocycles. The highest BCUT2D eigenvalue weighted by Gasteiger charge is 2.15. The largest absolute Gasteiger partial charge is 0.136 e. The Morgan fingerprint density at radius 2 is 2.00 bits per heavy atom. The van der Waals surface area contributed by atoms with Crippen LogP contribution < -0.4 is 0 Å². The predicted molar refractivity (Wildman–Crippen MR) is 76.5 cm³/mol. The molecule has 1 aliphatic heterocycles. The van der Waals surface area contributed by atoms with Crippen molar-refractivity contribution in [1.29, 1.82) is 0 Å². The maximum atomic E-state index is 3.58. The van der Waals surface area contributed by atoms with Gasteiger partial charge < -0.3 is 0 Å². The summed E-state index contributed by atoms with van der Waals surface area (Å²) in [4.78, 5) is 1.35. The fourth-order valence-corrected chi connectivity index (χ4v) is 4.43. The van der Waals surface area contributed by atoms with Crippen molar-refractivity contribution < 1.29 is 0 Å². The molecule has 0 atom stereocenters. The van der Waals surface area contributed by atoms with Gasteiger partial charge in [0.25, 0.3) is 0 Å². The van der Waals surface area contributed by atoms with Gasteiger partial charge in [0.2, 0.25) is 0 Å². The summed E-state index contributed by atoms with van der Waals surface area (Å²) in [6, 6.07) is 10.8. The molecular formula is C13H9BrS2. The summed E-state index contributed by atoms with van der Waals surface area (Å²) in [5.74, 6) is 0. The highest BCUT2D eigenvalue weighted by molar-refractivity contribution is 9.09. The Labute approximate surface area is 112 Å². The Morgan fingerprint density at radius 3 is 2.88 bits per heavy atom. The average Bonchev–Trinajstić information content (AvgIpc) is 2.70. The Bertz CT molecular complexity index is 555. The first-order valence-corrected chi connectivity index (χ1v) is 7.81. The lowest BCUT2D eigenvalue weighted by Gasteiger charge is -2.00. The third kappa shape index (κ3) is 1.77. The molecule has 0 N–H and O–H groups in total. The van der Waals surface area contributed by atoms with E-state index in [4.69, 9.17) is 0 Å². The van der Waals surface area contributed by atoms with E-state index in [2.05, 4.69) is 57.7 Å². The molecule has 3 rings (SSSR count). The summed E-state index contributed by atoms with van der Waals surface area (Å²) >= 11 is 7.28. The Hall–Kier alpha value is -0.510. The highest BCUT2D eigenvalue weighted by atomic mass is 79.9. The molecule has 3 heteroatoms. The molecule has 16 heavy (non-hydrogen) atoms. The van der Waals surface area contributed by atoms with Gasteiger partial charge >= 0.3 is 0 Å². The lowest BCUT2D eigenvalue weighted by Crippen LogP contribution is -1.82. The van der Waals surface area contributed by atoms with Crippen LogP contribution in [-0.4, -0.2) is 5.33 Å². The van der Waals surface area contributed by atoms with Crippen molar-refractivity contribution in [3.8, 4) is 0 Å². The Kier molecular flexibility index (Phi) is 2.92. The number of hydrogen-bond donors (Lipinski definition) is 0. The van der Waals surface area contributed by atoms with Crippen LogP contribution in [0.4, 0.5) is 0 Å². The zero-order chi connectivity index (χ0) is 11.0. The molecule has 0 saturated carbocycles. The van der Waals surface area contributed by atoms with E-state index in [1.54, 1.807) is 0 Å². The van der Waals surface area contributed by atoms with Crippen molar-refractivity contribution in [2.24, 2.45) is 0 Å². The van der Waals surface area contributed by atoms with Gasteiger partial charge in [0.15, 0.2) is 0 Å². The van der Waals surface area contributed by atoms with E-state index in [1.165, 1.54) is 25.8 Å². The minimum Gasteiger partial charge on any atom is -0.136 e. The average molecular weight is 309 g/mol. The normalized spacial score (nSPS) is 13.7. The number of rotatable bonds is 1. The number of fused-ring (bicyclic) bond motifs is 2. The summed E-state index contributed by atoms with van der Waals surface area (Å²) in [6.07, 6.45) is 2.29. The molecule has 0 unspecified atom stereocenters. The molecule has 1 aromatic heterocycles. The van der Waals surface area contributed by atoms with Gasteiger partial charge in [0.05, 0.1) is 4.21 Å². The zero-order valence-corrected chi connectivity index (χ0v) is 11.7. The number of halogens is 1. The van der Waals surface area contributed by atoms with Crippen LogP contribution in [0.15, 0.2) is 44.8 Å². The maximum Gasteiger partial charge on any atom is 0.0722 e. The van der Waals surface area contributed by atoms with Crippen LogP contribution in [0.5, 0.6) is 0 Å². The minimum atomic E-state index is 0.908. The number of alkyl halides is 1. The van der Waals surface area contributed by atoms with Gasteiger partial charge in [-0.3, -0.25) is 0 Å². The van der Waals surface area contributed by atoms with E-state index >= 15 is 0 Å². The second-order valence-corrected chi connectivity index (χ2v) is 6.35. The molecular weight excluding hydrogens is 300 g/mol. The fourth-order valence-electron chi connectivity index (χ4n) is 1.78. The number of hydrogen-bond acceptors (Lipinski definition) is 2.